The van der Waals surface area contributed by atoms with Gasteiger partial charge < -0.3 is 10.5 Å². The second-order valence-corrected chi connectivity index (χ2v) is 5.75. The van der Waals surface area contributed by atoms with Crippen LogP contribution in [0.3, 0.4) is 0 Å². The lowest BCUT2D eigenvalue weighted by molar-refractivity contribution is 0.0729. The zero-order valence-corrected chi connectivity index (χ0v) is 10.5. The number of hydrogen-bond donors (Lipinski definition) is 1. The van der Waals surface area contributed by atoms with Gasteiger partial charge in [0.2, 0.25) is 0 Å². The Morgan fingerprint density at radius 1 is 0.938 bits per heavy atom. The Morgan fingerprint density at radius 2 is 1.56 bits per heavy atom. The molecular formula is C14H27NO. The number of rotatable bonds is 5. The van der Waals surface area contributed by atoms with E-state index < -0.39 is 0 Å². The Kier molecular flexibility index (Phi) is 5.11. The highest BCUT2D eigenvalue weighted by Crippen LogP contribution is 2.27. The summed E-state index contributed by atoms with van der Waals surface area (Å²) in [6, 6.07) is 0.293. The van der Waals surface area contributed by atoms with E-state index in [1.54, 1.807) is 0 Å². The fourth-order valence-electron chi connectivity index (χ4n) is 3.25. The Labute approximate surface area is 99.9 Å². The molecule has 2 fully saturated rings. The third-order valence-electron chi connectivity index (χ3n) is 4.39. The maximum atomic E-state index is 6.21. The molecule has 2 aliphatic rings. The van der Waals surface area contributed by atoms with Gasteiger partial charge in [-0.3, -0.25) is 0 Å². The second kappa shape index (κ2) is 6.61. The van der Waals surface area contributed by atoms with Crippen LogP contribution in [0, 0.1) is 11.8 Å². The van der Waals surface area contributed by atoms with Crippen molar-refractivity contribution in [2.75, 3.05) is 13.2 Å². The molecule has 0 bridgehead atoms. The number of hydrogen-bond acceptors (Lipinski definition) is 2. The highest BCUT2D eigenvalue weighted by atomic mass is 16.5. The molecule has 0 aromatic rings. The maximum absolute atomic E-state index is 6.21. The lowest BCUT2D eigenvalue weighted by Crippen LogP contribution is -2.36. The summed E-state index contributed by atoms with van der Waals surface area (Å²) >= 11 is 0. The van der Waals surface area contributed by atoms with Gasteiger partial charge in [0, 0.05) is 12.6 Å². The summed E-state index contributed by atoms with van der Waals surface area (Å²) in [6.07, 6.45) is 12.4. The molecular weight excluding hydrogens is 198 g/mol. The van der Waals surface area contributed by atoms with Gasteiger partial charge in [-0.1, -0.05) is 32.1 Å². The molecule has 2 rings (SSSR count). The molecule has 0 aromatic heterocycles. The Balaban J connectivity index is 1.57. The summed E-state index contributed by atoms with van der Waals surface area (Å²) < 4.78 is 5.81. The summed E-state index contributed by atoms with van der Waals surface area (Å²) in [7, 11) is 0. The smallest absolute Gasteiger partial charge is 0.0620 e. The van der Waals surface area contributed by atoms with Crippen LogP contribution in [0.5, 0.6) is 0 Å². The summed E-state index contributed by atoms with van der Waals surface area (Å²) in [5.74, 6) is 1.57. The van der Waals surface area contributed by atoms with Gasteiger partial charge >= 0.3 is 0 Å². The van der Waals surface area contributed by atoms with Crippen molar-refractivity contribution < 1.29 is 4.74 Å². The SMILES string of the molecule is NC(COCC1CCCC1)C1CCCCC1. The van der Waals surface area contributed by atoms with Crippen LogP contribution >= 0.6 is 0 Å². The van der Waals surface area contributed by atoms with E-state index in [2.05, 4.69) is 0 Å². The maximum Gasteiger partial charge on any atom is 0.0620 e. The lowest BCUT2D eigenvalue weighted by Gasteiger charge is -2.27. The van der Waals surface area contributed by atoms with Gasteiger partial charge in [-0.25, -0.2) is 0 Å². The molecule has 2 N–H and O–H groups in total. The largest absolute Gasteiger partial charge is 0.380 e. The first-order valence-corrected chi connectivity index (χ1v) is 7.19. The van der Waals surface area contributed by atoms with Gasteiger partial charge in [-0.15, -0.1) is 0 Å². The number of ether oxygens (including phenoxy) is 1. The van der Waals surface area contributed by atoms with Crippen LogP contribution in [0.25, 0.3) is 0 Å². The molecule has 16 heavy (non-hydrogen) atoms. The van der Waals surface area contributed by atoms with Crippen molar-refractivity contribution in [2.45, 2.75) is 63.8 Å². The van der Waals surface area contributed by atoms with Crippen LogP contribution in [0.4, 0.5) is 0 Å². The van der Waals surface area contributed by atoms with Crippen LogP contribution < -0.4 is 5.73 Å². The summed E-state index contributed by atoms with van der Waals surface area (Å²) in [5.41, 5.74) is 6.21. The number of nitrogens with two attached hydrogens (primary N) is 1. The highest BCUT2D eigenvalue weighted by Gasteiger charge is 2.21. The van der Waals surface area contributed by atoms with Crippen molar-refractivity contribution >= 4 is 0 Å². The third kappa shape index (κ3) is 3.74. The first-order chi connectivity index (χ1) is 7.86. The average molecular weight is 225 g/mol. The molecule has 2 aliphatic carbocycles. The molecule has 0 saturated heterocycles. The molecule has 0 aliphatic heterocycles. The Hall–Kier alpha value is -0.0800. The monoisotopic (exact) mass is 225 g/mol. The van der Waals surface area contributed by atoms with E-state index >= 15 is 0 Å². The second-order valence-electron chi connectivity index (χ2n) is 5.75. The molecule has 2 saturated carbocycles. The van der Waals surface area contributed by atoms with E-state index in [9.17, 15) is 0 Å². The van der Waals surface area contributed by atoms with Gasteiger partial charge in [0.1, 0.15) is 0 Å². The van der Waals surface area contributed by atoms with Crippen LogP contribution in [-0.2, 0) is 4.74 Å². The predicted octanol–water partition coefficient (Wildman–Crippen LogP) is 3.10. The topological polar surface area (TPSA) is 35.2 Å². The lowest BCUT2D eigenvalue weighted by atomic mass is 9.84. The first-order valence-electron chi connectivity index (χ1n) is 7.19. The van der Waals surface area contributed by atoms with Gasteiger partial charge in [-0.05, 0) is 37.5 Å². The van der Waals surface area contributed by atoms with E-state index in [-0.39, 0.29) is 0 Å². The van der Waals surface area contributed by atoms with Crippen molar-refractivity contribution in [3.63, 3.8) is 0 Å². The summed E-state index contributed by atoms with van der Waals surface area (Å²) in [4.78, 5) is 0. The molecule has 0 aromatic carbocycles. The van der Waals surface area contributed by atoms with Gasteiger partial charge in [0.15, 0.2) is 0 Å². The minimum absolute atomic E-state index is 0.293. The van der Waals surface area contributed by atoms with Crippen molar-refractivity contribution in [1.82, 2.24) is 0 Å². The van der Waals surface area contributed by atoms with Crippen LogP contribution in [0.2, 0.25) is 0 Å². The molecule has 0 amide bonds. The molecule has 1 atom stereocenters. The van der Waals surface area contributed by atoms with Crippen molar-refractivity contribution in [2.24, 2.45) is 17.6 Å². The molecule has 94 valence electrons. The average Bonchev–Trinajstić information content (AvgIpc) is 2.83. The molecule has 2 heteroatoms. The summed E-state index contributed by atoms with van der Waals surface area (Å²) in [6.45, 7) is 1.75. The van der Waals surface area contributed by atoms with Crippen molar-refractivity contribution in [3.8, 4) is 0 Å². The van der Waals surface area contributed by atoms with Gasteiger partial charge in [0.05, 0.1) is 6.61 Å². The molecule has 2 nitrogen and oxygen atoms in total. The van der Waals surface area contributed by atoms with Crippen LogP contribution in [0.1, 0.15) is 57.8 Å². The zero-order chi connectivity index (χ0) is 11.2. The van der Waals surface area contributed by atoms with Crippen molar-refractivity contribution in [3.05, 3.63) is 0 Å². The Bertz CT molecular complexity index is 183. The first kappa shape index (κ1) is 12.4. The standard InChI is InChI=1S/C14H27NO/c15-14(13-8-2-1-3-9-13)11-16-10-12-6-4-5-7-12/h12-14H,1-11,15H2. The Morgan fingerprint density at radius 3 is 2.25 bits per heavy atom. The molecule has 0 spiro atoms. The van der Waals surface area contributed by atoms with E-state index in [1.807, 2.05) is 0 Å². The predicted molar refractivity (Wildman–Crippen MR) is 67.3 cm³/mol. The molecule has 1 unspecified atom stereocenters. The van der Waals surface area contributed by atoms with Crippen LogP contribution in [-0.4, -0.2) is 19.3 Å². The summed E-state index contributed by atoms with van der Waals surface area (Å²) in [5, 5.41) is 0. The fraction of sp³-hybridized carbons (Fsp3) is 1.00. The van der Waals surface area contributed by atoms with E-state index in [0.717, 1.165) is 25.0 Å². The zero-order valence-electron chi connectivity index (χ0n) is 10.5. The molecule has 0 radical (unpaired) electrons. The van der Waals surface area contributed by atoms with Crippen molar-refractivity contribution in [1.29, 1.82) is 0 Å². The fourth-order valence-corrected chi connectivity index (χ4v) is 3.25. The quantitative estimate of drug-likeness (QED) is 0.780. The minimum Gasteiger partial charge on any atom is -0.380 e. The highest BCUT2D eigenvalue weighted by molar-refractivity contribution is 4.76. The van der Waals surface area contributed by atoms with Crippen LogP contribution in [0.15, 0.2) is 0 Å². The molecule has 0 heterocycles. The van der Waals surface area contributed by atoms with E-state index in [1.165, 1.54) is 57.8 Å². The minimum atomic E-state index is 0.293. The van der Waals surface area contributed by atoms with Gasteiger partial charge in [0.25, 0.3) is 0 Å². The van der Waals surface area contributed by atoms with Gasteiger partial charge in [-0.2, -0.15) is 0 Å². The van der Waals surface area contributed by atoms with E-state index in [4.69, 9.17) is 10.5 Å². The third-order valence-corrected chi connectivity index (χ3v) is 4.39. The normalized spacial score (nSPS) is 26.1. The van der Waals surface area contributed by atoms with E-state index in [0.29, 0.717) is 6.04 Å².